The molecule has 0 radical (unpaired) electrons. The lowest BCUT2D eigenvalue weighted by atomic mass is 9.71. The molecule has 1 aromatic carbocycles. The van der Waals surface area contributed by atoms with E-state index in [2.05, 4.69) is 31.2 Å². The Morgan fingerprint density at radius 2 is 1.89 bits per heavy atom. The Bertz CT molecular complexity index is 831. The molecule has 5 unspecified atom stereocenters. The molecular formula is C30H47NO5. The normalized spacial score (nSPS) is 21.6. The van der Waals surface area contributed by atoms with Crippen LogP contribution in [0.5, 0.6) is 0 Å². The van der Waals surface area contributed by atoms with Crippen molar-refractivity contribution in [2.24, 2.45) is 17.8 Å². The average Bonchev–Trinajstić information content (AvgIpc) is 2.81. The Labute approximate surface area is 218 Å². The highest BCUT2D eigenvalue weighted by molar-refractivity contribution is 5.79. The van der Waals surface area contributed by atoms with Crippen molar-refractivity contribution in [2.75, 3.05) is 19.7 Å². The van der Waals surface area contributed by atoms with Crippen LogP contribution in [0.1, 0.15) is 72.8 Å². The molecule has 0 aliphatic heterocycles. The molecule has 0 spiro atoms. The predicted octanol–water partition coefficient (Wildman–Crippen LogP) is 5.82. The molecule has 1 aliphatic carbocycles. The quantitative estimate of drug-likeness (QED) is 0.345. The monoisotopic (exact) mass is 501 g/mol. The van der Waals surface area contributed by atoms with Crippen molar-refractivity contribution < 1.29 is 24.2 Å². The Morgan fingerprint density at radius 3 is 2.53 bits per heavy atom. The minimum Gasteiger partial charge on any atom is -0.444 e. The number of aryl methyl sites for hydroxylation is 1. The lowest BCUT2D eigenvalue weighted by molar-refractivity contribution is -0.121. The molecule has 0 fully saturated rings. The van der Waals surface area contributed by atoms with Gasteiger partial charge in [0.2, 0.25) is 0 Å². The first kappa shape index (κ1) is 30.0. The predicted molar refractivity (Wildman–Crippen MR) is 144 cm³/mol. The standard InChI is InChI=1S/C30H47NO5/c1-7-18-31(29(34)36-30(4,5)6)20-26(33)21-35-23(3)27-15-11-12-22(2)28(27)19-25(32)17-16-24-13-9-8-10-14-24/h8-14,22-23,26-28,33H,7,15-21H2,1-6H3. The number of aliphatic hydroxyl groups is 1. The second-order valence-corrected chi connectivity index (χ2v) is 11.2. The van der Waals surface area contributed by atoms with Gasteiger partial charge in [0.05, 0.1) is 25.4 Å². The van der Waals surface area contributed by atoms with Crippen molar-refractivity contribution >= 4 is 11.9 Å². The maximum absolute atomic E-state index is 12.9. The van der Waals surface area contributed by atoms with Crippen molar-refractivity contribution in [1.82, 2.24) is 4.90 Å². The van der Waals surface area contributed by atoms with E-state index < -0.39 is 17.8 Å². The van der Waals surface area contributed by atoms with Crippen LogP contribution >= 0.6 is 0 Å². The highest BCUT2D eigenvalue weighted by Crippen LogP contribution is 2.36. The number of nitrogens with zero attached hydrogens (tertiary/aromatic N) is 1. The number of hydrogen-bond acceptors (Lipinski definition) is 5. The van der Waals surface area contributed by atoms with E-state index in [1.807, 2.05) is 52.8 Å². The van der Waals surface area contributed by atoms with Gasteiger partial charge in [-0.05, 0) is 70.3 Å². The summed E-state index contributed by atoms with van der Waals surface area (Å²) in [6.45, 7) is 12.5. The average molecular weight is 502 g/mol. The zero-order valence-corrected chi connectivity index (χ0v) is 23.1. The molecule has 1 amide bonds. The van der Waals surface area contributed by atoms with Crippen molar-refractivity contribution in [2.45, 2.75) is 91.5 Å². The summed E-state index contributed by atoms with van der Waals surface area (Å²) >= 11 is 0. The van der Waals surface area contributed by atoms with Crippen molar-refractivity contribution in [1.29, 1.82) is 0 Å². The van der Waals surface area contributed by atoms with Gasteiger partial charge in [0.15, 0.2) is 0 Å². The van der Waals surface area contributed by atoms with E-state index >= 15 is 0 Å². The maximum atomic E-state index is 12.9. The number of Topliss-reactive ketones (excluding diaryl/α,β-unsaturated/α-hetero) is 1. The van der Waals surface area contributed by atoms with Crippen molar-refractivity contribution in [3.05, 3.63) is 48.0 Å². The molecule has 1 aromatic rings. The fraction of sp³-hybridized carbons (Fsp3) is 0.667. The van der Waals surface area contributed by atoms with E-state index in [1.54, 1.807) is 4.90 Å². The van der Waals surface area contributed by atoms with E-state index in [4.69, 9.17) is 9.47 Å². The number of amides is 1. The van der Waals surface area contributed by atoms with E-state index in [9.17, 15) is 14.7 Å². The van der Waals surface area contributed by atoms with Crippen molar-refractivity contribution in [3.63, 3.8) is 0 Å². The van der Waals surface area contributed by atoms with Crippen LogP contribution in [-0.4, -0.2) is 59.4 Å². The first-order valence-electron chi connectivity index (χ1n) is 13.5. The zero-order chi connectivity index (χ0) is 26.7. The molecule has 6 heteroatoms. The molecule has 5 atom stereocenters. The SMILES string of the molecule is CCCN(CC(O)COC(C)C1CC=CC(C)C1CC(=O)CCc1ccccc1)C(=O)OC(C)(C)C. The zero-order valence-electron chi connectivity index (χ0n) is 23.1. The van der Waals surface area contributed by atoms with Gasteiger partial charge in [0.1, 0.15) is 11.4 Å². The van der Waals surface area contributed by atoms with Gasteiger partial charge >= 0.3 is 6.09 Å². The molecule has 0 saturated heterocycles. The van der Waals surface area contributed by atoms with Crippen molar-refractivity contribution in [3.8, 4) is 0 Å². The van der Waals surface area contributed by atoms with Gasteiger partial charge in [0.25, 0.3) is 0 Å². The van der Waals surface area contributed by atoms with Crippen LogP contribution in [-0.2, 0) is 20.7 Å². The Morgan fingerprint density at radius 1 is 1.19 bits per heavy atom. The van der Waals surface area contributed by atoms with Crippen LogP contribution in [0.3, 0.4) is 0 Å². The van der Waals surface area contributed by atoms with E-state index in [1.165, 1.54) is 5.56 Å². The number of benzene rings is 1. The van der Waals surface area contributed by atoms with Crippen LogP contribution in [0.25, 0.3) is 0 Å². The molecular weight excluding hydrogens is 454 g/mol. The fourth-order valence-electron chi connectivity index (χ4n) is 4.88. The number of carbonyl (C=O) groups is 2. The van der Waals surface area contributed by atoms with Crippen LogP contribution in [0.4, 0.5) is 4.79 Å². The van der Waals surface area contributed by atoms with Gasteiger partial charge in [-0.1, -0.05) is 56.3 Å². The first-order chi connectivity index (χ1) is 17.0. The minimum absolute atomic E-state index is 0.111. The lowest BCUT2D eigenvalue weighted by Crippen LogP contribution is -2.43. The van der Waals surface area contributed by atoms with E-state index in [0.29, 0.717) is 25.3 Å². The number of rotatable bonds is 13. The van der Waals surface area contributed by atoms with Crippen LogP contribution < -0.4 is 0 Å². The first-order valence-corrected chi connectivity index (χ1v) is 13.5. The lowest BCUT2D eigenvalue weighted by Gasteiger charge is -2.37. The van der Waals surface area contributed by atoms with E-state index in [-0.39, 0.29) is 36.9 Å². The Balaban J connectivity index is 1.89. The van der Waals surface area contributed by atoms with Gasteiger partial charge in [-0.25, -0.2) is 4.79 Å². The highest BCUT2D eigenvalue weighted by Gasteiger charge is 2.34. The summed E-state index contributed by atoms with van der Waals surface area (Å²) in [5.41, 5.74) is 0.603. The molecule has 0 heterocycles. The maximum Gasteiger partial charge on any atom is 0.410 e. The molecule has 6 nitrogen and oxygen atoms in total. The van der Waals surface area contributed by atoms with Crippen LogP contribution in [0, 0.1) is 17.8 Å². The van der Waals surface area contributed by atoms with Gasteiger partial charge in [0, 0.05) is 19.4 Å². The summed E-state index contributed by atoms with van der Waals surface area (Å²) in [7, 11) is 0. The Hall–Kier alpha value is -2.18. The summed E-state index contributed by atoms with van der Waals surface area (Å²) in [5, 5.41) is 10.6. The summed E-state index contributed by atoms with van der Waals surface area (Å²) in [5.74, 6) is 1.00. The van der Waals surface area contributed by atoms with Gasteiger partial charge in [-0.15, -0.1) is 0 Å². The van der Waals surface area contributed by atoms with Crippen LogP contribution in [0.2, 0.25) is 0 Å². The smallest absolute Gasteiger partial charge is 0.410 e. The third-order valence-corrected chi connectivity index (χ3v) is 6.80. The largest absolute Gasteiger partial charge is 0.444 e. The summed E-state index contributed by atoms with van der Waals surface area (Å²) < 4.78 is 11.6. The fourth-order valence-corrected chi connectivity index (χ4v) is 4.88. The molecule has 202 valence electrons. The summed E-state index contributed by atoms with van der Waals surface area (Å²) in [4.78, 5) is 26.9. The van der Waals surface area contributed by atoms with Crippen LogP contribution in [0.15, 0.2) is 42.5 Å². The minimum atomic E-state index is -0.811. The van der Waals surface area contributed by atoms with Gasteiger partial charge in [-0.3, -0.25) is 4.79 Å². The molecule has 1 aliphatic rings. The molecule has 2 rings (SSSR count). The molecule has 0 saturated carbocycles. The summed E-state index contributed by atoms with van der Waals surface area (Å²) in [6.07, 6.45) is 6.54. The third-order valence-electron chi connectivity index (χ3n) is 6.80. The van der Waals surface area contributed by atoms with Gasteiger partial charge in [-0.2, -0.15) is 0 Å². The highest BCUT2D eigenvalue weighted by atomic mass is 16.6. The summed E-state index contributed by atoms with van der Waals surface area (Å²) in [6, 6.07) is 10.1. The molecule has 0 aromatic heterocycles. The topological polar surface area (TPSA) is 76.1 Å². The third kappa shape index (κ3) is 10.4. The number of hydrogen-bond donors (Lipinski definition) is 1. The number of ether oxygens (including phenoxy) is 2. The molecule has 36 heavy (non-hydrogen) atoms. The van der Waals surface area contributed by atoms with E-state index in [0.717, 1.165) is 19.3 Å². The molecule has 0 bridgehead atoms. The number of aliphatic hydroxyl groups excluding tert-OH is 1. The molecule has 1 N–H and O–H groups in total. The number of ketones is 1. The van der Waals surface area contributed by atoms with Gasteiger partial charge < -0.3 is 19.5 Å². The number of allylic oxidation sites excluding steroid dienone is 2. The Kier molecular flexibility index (Phi) is 12.1. The second-order valence-electron chi connectivity index (χ2n) is 11.2. The number of carbonyl (C=O) groups excluding carboxylic acids is 2. The second kappa shape index (κ2) is 14.5.